The van der Waals surface area contributed by atoms with Gasteiger partial charge < -0.3 is 14.9 Å². The molecule has 2 rings (SSSR count). The molecule has 23 heavy (non-hydrogen) atoms. The minimum absolute atomic E-state index is 0.0888. The lowest BCUT2D eigenvalue weighted by Gasteiger charge is -2.11. The van der Waals surface area contributed by atoms with Gasteiger partial charge in [0, 0.05) is 28.0 Å². The van der Waals surface area contributed by atoms with Gasteiger partial charge in [-0.2, -0.15) is 4.52 Å². The largest absolute Gasteiger partial charge is 0.709 e. The first kappa shape index (κ1) is 17.5. The third kappa shape index (κ3) is 3.00. The molecule has 0 aromatic carbocycles. The molecule has 0 saturated carbocycles. The molecule has 2 heterocycles. The van der Waals surface area contributed by atoms with E-state index in [9.17, 15) is 23.8 Å². The van der Waals surface area contributed by atoms with Crippen molar-refractivity contribution in [2.75, 3.05) is 5.75 Å². The lowest BCUT2D eigenvalue weighted by atomic mass is 10.2. The maximum Gasteiger partial charge on any atom is 0.277 e. The molecule has 9 nitrogen and oxygen atoms in total. The zero-order chi connectivity index (χ0) is 17.5. The molecule has 126 valence electrons. The van der Waals surface area contributed by atoms with Crippen LogP contribution >= 0.6 is 0 Å². The highest BCUT2D eigenvalue weighted by molar-refractivity contribution is 8.30. The van der Waals surface area contributed by atoms with E-state index in [1.807, 2.05) is 0 Å². The summed E-state index contributed by atoms with van der Waals surface area (Å²) in [5.41, 5.74) is 0.865. The molecule has 0 aliphatic rings. The van der Waals surface area contributed by atoms with Crippen molar-refractivity contribution in [2.45, 2.75) is 27.3 Å². The van der Waals surface area contributed by atoms with Crippen molar-refractivity contribution >= 4 is 25.9 Å². The Labute approximate surface area is 135 Å². The van der Waals surface area contributed by atoms with Gasteiger partial charge in [-0.3, -0.25) is 14.4 Å². The number of aryl methyl sites for hydroxylation is 1. The molecule has 0 saturated heterocycles. The van der Waals surface area contributed by atoms with Gasteiger partial charge in [0.2, 0.25) is 5.91 Å². The van der Waals surface area contributed by atoms with Gasteiger partial charge in [-0.15, -0.1) is 0 Å². The number of rotatable bonds is 5. The van der Waals surface area contributed by atoms with E-state index in [-0.39, 0.29) is 6.54 Å². The predicted molar refractivity (Wildman–Crippen MR) is 82.1 cm³/mol. The Morgan fingerprint density at radius 2 is 1.78 bits per heavy atom. The van der Waals surface area contributed by atoms with Crippen molar-refractivity contribution in [3.8, 4) is 0 Å². The molecule has 1 unspecified atom stereocenters. The Bertz CT molecular complexity index is 989. The molecule has 1 N–H and O–H groups in total. The lowest BCUT2D eigenvalue weighted by Crippen LogP contribution is -2.32. The van der Waals surface area contributed by atoms with Gasteiger partial charge >= 0.3 is 0 Å². The van der Waals surface area contributed by atoms with Crippen LogP contribution in [0.25, 0.3) is 0 Å². The van der Waals surface area contributed by atoms with Crippen LogP contribution < -0.4 is 21.7 Å². The van der Waals surface area contributed by atoms with Crippen LogP contribution in [0.1, 0.15) is 22.5 Å². The summed E-state index contributed by atoms with van der Waals surface area (Å²) in [4.78, 5) is 35.9. The fraction of sp³-hybridized carbons (Fsp3) is 0.417. The summed E-state index contributed by atoms with van der Waals surface area (Å²) < 4.78 is 17.0. The summed E-state index contributed by atoms with van der Waals surface area (Å²) in [5.74, 6) is -1.52. The number of fused-ring (bicyclic) bond motifs is 1. The van der Waals surface area contributed by atoms with Crippen LogP contribution in [0.2, 0.25) is 0 Å². The first-order valence-corrected chi connectivity index (χ1v) is 9.05. The van der Waals surface area contributed by atoms with E-state index in [4.69, 9.17) is 0 Å². The van der Waals surface area contributed by atoms with Crippen LogP contribution in [-0.2, 0) is 35.6 Å². The van der Waals surface area contributed by atoms with Gasteiger partial charge in [0.05, 0.1) is 12.2 Å². The van der Waals surface area contributed by atoms with Crippen LogP contribution in [-0.4, -0.2) is 24.9 Å². The lowest BCUT2D eigenvalue weighted by molar-refractivity contribution is -0.633. The van der Waals surface area contributed by atoms with E-state index in [2.05, 4.69) is 20.8 Å². The summed E-state index contributed by atoms with van der Waals surface area (Å²) in [7, 11) is -3.64. The summed E-state index contributed by atoms with van der Waals surface area (Å²) in [6.07, 6.45) is 0. The first-order chi connectivity index (χ1) is 10.6. The van der Waals surface area contributed by atoms with E-state index < -0.39 is 31.6 Å². The van der Waals surface area contributed by atoms with Gasteiger partial charge in [-0.25, -0.2) is 8.72 Å². The number of nitrogens with zero attached hydrogens (tertiary/aromatic N) is 2. The van der Waals surface area contributed by atoms with E-state index in [1.165, 1.54) is 11.4 Å². The third-order valence-electron chi connectivity index (χ3n) is 3.64. The number of hydrogen-bond acceptors (Lipinski definition) is 7. The first-order valence-electron chi connectivity index (χ1n) is 6.47. The second kappa shape index (κ2) is 6.00. The normalized spacial score (nSPS) is 14.1. The molecule has 0 fully saturated rings. The third-order valence-corrected chi connectivity index (χ3v) is 4.98. The van der Waals surface area contributed by atoms with Crippen LogP contribution in [0.3, 0.4) is 0 Å². The van der Waals surface area contributed by atoms with Crippen molar-refractivity contribution in [1.82, 2.24) is 14.3 Å². The molecule has 2 aromatic rings. The minimum atomic E-state index is -3.64. The second-order valence-electron chi connectivity index (χ2n) is 5.06. The van der Waals surface area contributed by atoms with Crippen molar-refractivity contribution in [3.63, 3.8) is 0 Å². The average Bonchev–Trinajstić information content (AvgIpc) is 2.86. The number of amides is 1. The van der Waals surface area contributed by atoms with E-state index in [0.29, 0.717) is 22.5 Å². The van der Waals surface area contributed by atoms with Crippen molar-refractivity contribution in [3.05, 3.63) is 43.2 Å². The summed E-state index contributed by atoms with van der Waals surface area (Å²) in [6.45, 7) is 4.73. The minimum Gasteiger partial charge on any atom is -0.709 e. The molecular formula is C12H14N3O6S2-. The fourth-order valence-electron chi connectivity index (χ4n) is 2.29. The highest BCUT2D eigenvalue weighted by atomic mass is 32.8. The molecule has 0 spiro atoms. The Morgan fingerprint density at radius 3 is 2.35 bits per heavy atom. The number of carbonyl (C=O) groups excluding carboxylic acids is 1. The quantitative estimate of drug-likeness (QED) is 0.470. The fourth-order valence-corrected chi connectivity index (χ4v) is 3.08. The van der Waals surface area contributed by atoms with Gasteiger partial charge in [-0.1, -0.05) is 0 Å². The van der Waals surface area contributed by atoms with Gasteiger partial charge in [-0.05, 0) is 20.8 Å². The molecule has 0 radical (unpaired) electrons. The smallest absolute Gasteiger partial charge is 0.277 e. The molecule has 1 atom stereocenters. The maximum atomic E-state index is 12.2. The summed E-state index contributed by atoms with van der Waals surface area (Å²) in [6, 6.07) is 0. The Kier molecular flexibility index (Phi) is 4.57. The number of hydrogen-bond donors (Lipinski definition) is 1. The van der Waals surface area contributed by atoms with Crippen molar-refractivity contribution in [1.29, 1.82) is 0 Å². The Hall–Kier alpha value is -1.82. The Balaban J connectivity index is 2.37. The topological polar surface area (TPSA) is 121 Å². The van der Waals surface area contributed by atoms with Crippen LogP contribution in [0.4, 0.5) is 0 Å². The van der Waals surface area contributed by atoms with Crippen molar-refractivity contribution in [2.24, 2.45) is 0 Å². The van der Waals surface area contributed by atoms with Crippen LogP contribution in [0, 0.1) is 20.8 Å². The zero-order valence-corrected chi connectivity index (χ0v) is 14.2. The van der Waals surface area contributed by atoms with E-state index in [0.717, 1.165) is 4.52 Å². The molecule has 1 amide bonds. The van der Waals surface area contributed by atoms with Crippen LogP contribution in [0.5, 0.6) is 0 Å². The molecular weight excluding hydrogens is 346 g/mol. The van der Waals surface area contributed by atoms with Crippen molar-refractivity contribution < 1.29 is 18.6 Å². The molecule has 11 heteroatoms. The number of aromatic nitrogens is 2. The van der Waals surface area contributed by atoms with Crippen LogP contribution in [0.15, 0.2) is 9.59 Å². The molecule has 0 aliphatic heterocycles. The van der Waals surface area contributed by atoms with E-state index >= 15 is 0 Å². The van der Waals surface area contributed by atoms with Gasteiger partial charge in [0.1, 0.15) is 14.5 Å². The highest BCUT2D eigenvalue weighted by Crippen LogP contribution is 2.09. The summed E-state index contributed by atoms with van der Waals surface area (Å²) >= 11 is 4.33. The zero-order valence-electron chi connectivity index (χ0n) is 12.6. The highest BCUT2D eigenvalue weighted by Gasteiger charge is 2.21. The second-order valence-corrected chi connectivity index (χ2v) is 8.13. The Morgan fingerprint density at radius 1 is 1.22 bits per heavy atom. The standard InChI is InChI=1S/C12H15N3O6S2/c1-6-8(3)14-9(7(2)12(18)15(14)11(6)17)4-13-10(16)5-23(20,22)21-19/h19H,4-5H2,1-3H3,(H,13,16)/p-1. The molecule has 2 aromatic heterocycles. The van der Waals surface area contributed by atoms with Gasteiger partial charge in [0.15, 0.2) is 0 Å². The maximum absolute atomic E-state index is 12.2. The number of carbonyl (C=O) groups is 1. The molecule has 0 aliphatic carbocycles. The average molecular weight is 360 g/mol. The summed E-state index contributed by atoms with van der Waals surface area (Å²) in [5, 5.41) is 12.5. The number of nitrogens with one attached hydrogen (secondary N) is 1. The van der Waals surface area contributed by atoms with Gasteiger partial charge in [0.25, 0.3) is 11.1 Å². The molecule has 0 bridgehead atoms. The predicted octanol–water partition coefficient (Wildman–Crippen LogP) is -2.31. The van der Waals surface area contributed by atoms with E-state index in [1.54, 1.807) is 13.8 Å². The monoisotopic (exact) mass is 360 g/mol. The SMILES string of the molecule is Cc1c(C)n2c(CNC(=O)CS(=O)(=S)O[O-])c(C)c(=O)n2c1=O.